The van der Waals surface area contributed by atoms with E-state index in [-0.39, 0.29) is 19.9 Å². The predicted octanol–water partition coefficient (Wildman–Crippen LogP) is 4.55. The largest absolute Gasteiger partial charge is 0.496 e. The van der Waals surface area contributed by atoms with E-state index in [1.807, 2.05) is 24.3 Å². The topological polar surface area (TPSA) is 68.8 Å². The van der Waals surface area contributed by atoms with Gasteiger partial charge in [0.05, 0.1) is 26.5 Å². The Balaban J connectivity index is 0.00000480. The average molecular weight is 429 g/mol. The first-order chi connectivity index (χ1) is 14.5. The van der Waals surface area contributed by atoms with E-state index in [0.29, 0.717) is 11.4 Å². The highest BCUT2D eigenvalue weighted by atomic mass is 16.5. The molecular weight excluding hydrogens is 392 g/mol. The third-order valence-corrected chi connectivity index (χ3v) is 4.91. The van der Waals surface area contributed by atoms with E-state index >= 15 is 0 Å². The van der Waals surface area contributed by atoms with Crippen molar-refractivity contribution >= 4 is 23.7 Å². The molecule has 0 radical (unpaired) electrons. The van der Waals surface area contributed by atoms with E-state index in [4.69, 9.17) is 14.2 Å². The van der Waals surface area contributed by atoms with E-state index in [0.717, 1.165) is 28.9 Å². The van der Waals surface area contributed by atoms with Crippen molar-refractivity contribution in [3.8, 4) is 11.5 Å². The summed E-state index contributed by atoms with van der Waals surface area (Å²) in [5, 5.41) is 5.87. The number of anilines is 1. The van der Waals surface area contributed by atoms with Crippen molar-refractivity contribution < 1.29 is 19.0 Å². The van der Waals surface area contributed by atoms with Crippen molar-refractivity contribution in [1.29, 1.82) is 0 Å². The molecule has 0 aliphatic carbocycles. The van der Waals surface area contributed by atoms with Crippen molar-refractivity contribution in [2.24, 2.45) is 0 Å². The summed E-state index contributed by atoms with van der Waals surface area (Å²) in [4.78, 5) is 12.5. The monoisotopic (exact) mass is 428 g/mol. The second-order valence-corrected chi connectivity index (χ2v) is 6.96. The van der Waals surface area contributed by atoms with Gasteiger partial charge in [0, 0.05) is 7.11 Å². The Hall–Kier alpha value is -2.83. The molecule has 0 saturated carbocycles. The van der Waals surface area contributed by atoms with Crippen molar-refractivity contribution in [1.82, 2.24) is 5.32 Å². The standard InChI is InChI=1S/C24H32N2O4.CH4/c1-7-19-13-18(12-16(2)23(19)30-6)9-8-17-10-11-22(29-5)20(14-17)26-24(27)21(25-3)15-28-4;/h8-14,21,25H,7,15H2,1-6H3,(H,26,27);1H4/b9-8-;/t21-;/m0./s1. The number of likely N-dealkylation sites (N-methyl/N-ethyl adjacent to an activating group) is 1. The smallest absolute Gasteiger partial charge is 0.243 e. The van der Waals surface area contributed by atoms with Gasteiger partial charge in [0.15, 0.2) is 0 Å². The number of methoxy groups -OCH3 is 3. The number of benzene rings is 2. The molecule has 2 aromatic rings. The normalized spacial score (nSPS) is 11.7. The molecule has 6 nitrogen and oxygen atoms in total. The summed E-state index contributed by atoms with van der Waals surface area (Å²) in [6.07, 6.45) is 4.97. The molecule has 0 aliphatic rings. The number of hydrogen-bond donors (Lipinski definition) is 2. The second-order valence-electron chi connectivity index (χ2n) is 6.96. The summed E-state index contributed by atoms with van der Waals surface area (Å²) in [5.74, 6) is 1.36. The molecule has 0 unspecified atom stereocenters. The van der Waals surface area contributed by atoms with Gasteiger partial charge < -0.3 is 24.8 Å². The van der Waals surface area contributed by atoms with Crippen molar-refractivity contribution in [2.45, 2.75) is 33.7 Å². The first-order valence-corrected chi connectivity index (χ1v) is 9.98. The molecule has 170 valence electrons. The summed E-state index contributed by atoms with van der Waals surface area (Å²) >= 11 is 0. The second kappa shape index (κ2) is 12.8. The third-order valence-electron chi connectivity index (χ3n) is 4.91. The zero-order chi connectivity index (χ0) is 22.1. The number of ether oxygens (including phenoxy) is 3. The SMILES string of the molecule is C.CCc1cc(/C=C\c2ccc(OC)c(NC(=O)[C@H](COC)NC)c2)cc(C)c1OC. The molecule has 0 saturated heterocycles. The number of aryl methyl sites for hydroxylation is 2. The van der Waals surface area contributed by atoms with E-state index in [1.165, 1.54) is 5.56 Å². The van der Waals surface area contributed by atoms with Crippen LogP contribution < -0.4 is 20.1 Å². The Bertz CT molecular complexity index is 893. The van der Waals surface area contributed by atoms with Crippen LogP contribution in [0.25, 0.3) is 12.2 Å². The summed E-state index contributed by atoms with van der Waals surface area (Å²) in [7, 11) is 6.57. The fraction of sp³-hybridized carbons (Fsp3) is 0.400. The van der Waals surface area contributed by atoms with Gasteiger partial charge in [-0.3, -0.25) is 4.79 Å². The van der Waals surface area contributed by atoms with Crippen LogP contribution in [0, 0.1) is 6.92 Å². The molecule has 0 spiro atoms. The van der Waals surface area contributed by atoms with Crippen LogP contribution in [0.15, 0.2) is 30.3 Å². The van der Waals surface area contributed by atoms with E-state index in [2.05, 4.69) is 42.7 Å². The van der Waals surface area contributed by atoms with Gasteiger partial charge in [-0.05, 0) is 66.9 Å². The Kier molecular flexibility index (Phi) is 10.8. The van der Waals surface area contributed by atoms with Gasteiger partial charge in [-0.2, -0.15) is 0 Å². The average Bonchev–Trinajstić information content (AvgIpc) is 2.75. The lowest BCUT2D eigenvalue weighted by molar-refractivity contribution is -0.119. The summed E-state index contributed by atoms with van der Waals surface area (Å²) in [6.45, 7) is 4.45. The minimum absolute atomic E-state index is 0. The summed E-state index contributed by atoms with van der Waals surface area (Å²) in [5.41, 5.74) is 4.94. The van der Waals surface area contributed by atoms with Gasteiger partial charge in [0.1, 0.15) is 17.5 Å². The molecule has 31 heavy (non-hydrogen) atoms. The van der Waals surface area contributed by atoms with Gasteiger partial charge in [-0.15, -0.1) is 0 Å². The fourth-order valence-corrected chi connectivity index (χ4v) is 3.32. The van der Waals surface area contributed by atoms with Crippen LogP contribution in [-0.4, -0.2) is 46.9 Å². The number of rotatable bonds is 10. The first kappa shape index (κ1) is 26.2. The minimum atomic E-state index is -0.450. The van der Waals surface area contributed by atoms with E-state index in [1.54, 1.807) is 28.4 Å². The molecule has 6 heteroatoms. The summed E-state index contributed by atoms with van der Waals surface area (Å²) in [6, 6.07) is 9.47. The van der Waals surface area contributed by atoms with Crippen molar-refractivity contribution in [3.05, 3.63) is 52.6 Å². The molecule has 0 aliphatic heterocycles. The lowest BCUT2D eigenvalue weighted by Gasteiger charge is -2.17. The molecule has 1 atom stereocenters. The molecule has 0 bridgehead atoms. The highest BCUT2D eigenvalue weighted by Gasteiger charge is 2.18. The highest BCUT2D eigenvalue weighted by molar-refractivity contribution is 5.96. The Morgan fingerprint density at radius 1 is 1.06 bits per heavy atom. The maximum Gasteiger partial charge on any atom is 0.243 e. The minimum Gasteiger partial charge on any atom is -0.496 e. The molecule has 2 rings (SSSR count). The van der Waals surface area contributed by atoms with Crippen LogP contribution in [0.3, 0.4) is 0 Å². The van der Waals surface area contributed by atoms with Gasteiger partial charge in [0.2, 0.25) is 5.91 Å². The lowest BCUT2D eigenvalue weighted by Crippen LogP contribution is -2.41. The molecular formula is C25H36N2O4. The molecule has 1 amide bonds. The maximum atomic E-state index is 12.5. The molecule has 0 fully saturated rings. The lowest BCUT2D eigenvalue weighted by atomic mass is 10.0. The number of hydrogen-bond acceptors (Lipinski definition) is 5. The van der Waals surface area contributed by atoms with Crippen LogP contribution in [0.2, 0.25) is 0 Å². The highest BCUT2D eigenvalue weighted by Crippen LogP contribution is 2.28. The molecule has 2 aromatic carbocycles. The van der Waals surface area contributed by atoms with E-state index < -0.39 is 6.04 Å². The summed E-state index contributed by atoms with van der Waals surface area (Å²) < 4.78 is 16.0. The zero-order valence-electron chi connectivity index (χ0n) is 18.7. The van der Waals surface area contributed by atoms with Crippen LogP contribution in [0.5, 0.6) is 11.5 Å². The maximum absolute atomic E-state index is 12.5. The zero-order valence-corrected chi connectivity index (χ0v) is 18.7. The number of nitrogens with one attached hydrogen (secondary N) is 2. The first-order valence-electron chi connectivity index (χ1n) is 9.98. The van der Waals surface area contributed by atoms with Crippen molar-refractivity contribution in [2.75, 3.05) is 40.3 Å². The van der Waals surface area contributed by atoms with Crippen molar-refractivity contribution in [3.63, 3.8) is 0 Å². The Morgan fingerprint density at radius 3 is 2.35 bits per heavy atom. The number of amides is 1. The number of carbonyl (C=O) groups is 1. The van der Waals surface area contributed by atoms with Gasteiger partial charge in [-0.1, -0.05) is 32.6 Å². The Morgan fingerprint density at radius 2 is 1.77 bits per heavy atom. The molecule has 0 aromatic heterocycles. The van der Waals surface area contributed by atoms with Gasteiger partial charge in [0.25, 0.3) is 0 Å². The van der Waals surface area contributed by atoms with Crippen LogP contribution >= 0.6 is 0 Å². The Labute approximate surface area is 186 Å². The quantitative estimate of drug-likeness (QED) is 0.543. The fourth-order valence-electron chi connectivity index (χ4n) is 3.32. The third kappa shape index (κ3) is 6.84. The van der Waals surface area contributed by atoms with Gasteiger partial charge in [-0.25, -0.2) is 0 Å². The molecule has 2 N–H and O–H groups in total. The molecule has 0 heterocycles. The number of carbonyl (C=O) groups excluding carboxylic acids is 1. The van der Waals surface area contributed by atoms with Crippen LogP contribution in [0.4, 0.5) is 5.69 Å². The van der Waals surface area contributed by atoms with Crippen LogP contribution in [-0.2, 0) is 16.0 Å². The van der Waals surface area contributed by atoms with E-state index in [9.17, 15) is 4.79 Å². The van der Waals surface area contributed by atoms with Crippen LogP contribution in [0.1, 0.15) is 36.6 Å². The predicted molar refractivity (Wildman–Crippen MR) is 129 cm³/mol. The van der Waals surface area contributed by atoms with Gasteiger partial charge >= 0.3 is 0 Å².